The summed E-state index contributed by atoms with van der Waals surface area (Å²) >= 11 is 0. The van der Waals surface area contributed by atoms with Crippen molar-refractivity contribution in [3.8, 4) is 0 Å². The van der Waals surface area contributed by atoms with Crippen LogP contribution < -0.4 is 5.32 Å². The molecule has 0 bridgehead atoms. The number of nitrogens with one attached hydrogen (secondary N) is 1. The van der Waals surface area contributed by atoms with Crippen molar-refractivity contribution < 1.29 is 4.39 Å². The maximum absolute atomic E-state index is 12.9. The maximum Gasteiger partial charge on any atom is 0.123 e. The third-order valence-electron chi connectivity index (χ3n) is 3.94. The third kappa shape index (κ3) is 3.53. The van der Waals surface area contributed by atoms with E-state index in [4.69, 9.17) is 0 Å². The lowest BCUT2D eigenvalue weighted by atomic mass is 9.97. The summed E-state index contributed by atoms with van der Waals surface area (Å²) in [4.78, 5) is 2.46. The molecule has 2 unspecified atom stereocenters. The number of piperazine rings is 1. The number of rotatable bonds is 4. The first kappa shape index (κ1) is 13.5. The van der Waals surface area contributed by atoms with E-state index in [0.717, 1.165) is 26.2 Å². The molecule has 1 saturated heterocycles. The van der Waals surface area contributed by atoms with E-state index in [-0.39, 0.29) is 5.82 Å². The molecule has 1 aliphatic heterocycles. The topological polar surface area (TPSA) is 15.3 Å². The average molecular weight is 250 g/mol. The van der Waals surface area contributed by atoms with Crippen molar-refractivity contribution in [1.82, 2.24) is 10.2 Å². The molecule has 1 aromatic rings. The van der Waals surface area contributed by atoms with Crippen LogP contribution in [-0.4, -0.2) is 30.6 Å². The van der Waals surface area contributed by atoms with Gasteiger partial charge in [0.2, 0.25) is 0 Å². The molecule has 1 aromatic carbocycles. The van der Waals surface area contributed by atoms with Crippen LogP contribution in [0, 0.1) is 11.7 Å². The molecule has 2 rings (SSSR count). The quantitative estimate of drug-likeness (QED) is 0.883. The van der Waals surface area contributed by atoms with Crippen LogP contribution >= 0.6 is 0 Å². The molecule has 1 aliphatic rings. The lowest BCUT2D eigenvalue weighted by molar-refractivity contribution is 0.162. The molecule has 1 heterocycles. The summed E-state index contributed by atoms with van der Waals surface area (Å²) < 4.78 is 12.9. The van der Waals surface area contributed by atoms with Crippen LogP contribution in [0.3, 0.4) is 0 Å². The molecule has 18 heavy (non-hydrogen) atoms. The lowest BCUT2D eigenvalue weighted by Crippen LogP contribution is -2.52. The first-order valence-electron chi connectivity index (χ1n) is 6.89. The Labute approximate surface area is 109 Å². The zero-order valence-corrected chi connectivity index (χ0v) is 11.3. The molecule has 2 nitrogen and oxygen atoms in total. The molecule has 0 radical (unpaired) electrons. The minimum atomic E-state index is -0.156. The SMILES string of the molecule is CCC(C)C1CN(Cc2ccc(F)cc2)CCN1. The molecular weight excluding hydrogens is 227 g/mol. The summed E-state index contributed by atoms with van der Waals surface area (Å²) in [6.45, 7) is 8.69. The van der Waals surface area contributed by atoms with Gasteiger partial charge in [0.05, 0.1) is 0 Å². The largest absolute Gasteiger partial charge is 0.311 e. The lowest BCUT2D eigenvalue weighted by Gasteiger charge is -2.36. The Bertz CT molecular complexity index is 363. The standard InChI is InChI=1S/C15H23FN2/c1-3-12(2)15-11-18(9-8-17-15)10-13-4-6-14(16)7-5-13/h4-7,12,15,17H,3,8-11H2,1-2H3. The number of halogens is 1. The van der Waals surface area contributed by atoms with Gasteiger partial charge in [0.15, 0.2) is 0 Å². The van der Waals surface area contributed by atoms with Crippen molar-refractivity contribution in [2.45, 2.75) is 32.9 Å². The molecule has 0 saturated carbocycles. The zero-order valence-electron chi connectivity index (χ0n) is 11.3. The minimum Gasteiger partial charge on any atom is -0.311 e. The second-order valence-electron chi connectivity index (χ2n) is 5.31. The average Bonchev–Trinajstić information content (AvgIpc) is 2.41. The van der Waals surface area contributed by atoms with Gasteiger partial charge in [-0.1, -0.05) is 32.4 Å². The summed E-state index contributed by atoms with van der Waals surface area (Å²) in [5, 5.41) is 3.59. The van der Waals surface area contributed by atoms with E-state index < -0.39 is 0 Å². The Morgan fingerprint density at radius 2 is 2.11 bits per heavy atom. The molecule has 100 valence electrons. The third-order valence-corrected chi connectivity index (χ3v) is 3.94. The molecular formula is C15H23FN2. The van der Waals surface area contributed by atoms with E-state index in [9.17, 15) is 4.39 Å². The highest BCUT2D eigenvalue weighted by molar-refractivity contribution is 5.16. The molecule has 0 spiro atoms. The van der Waals surface area contributed by atoms with Gasteiger partial charge in [0.1, 0.15) is 5.82 Å². The highest BCUT2D eigenvalue weighted by atomic mass is 19.1. The van der Waals surface area contributed by atoms with Gasteiger partial charge in [-0.15, -0.1) is 0 Å². The second-order valence-corrected chi connectivity index (χ2v) is 5.31. The normalized spacial score (nSPS) is 22.9. The first-order chi connectivity index (χ1) is 8.69. The Morgan fingerprint density at radius 3 is 2.78 bits per heavy atom. The van der Waals surface area contributed by atoms with Crippen LogP contribution in [0.4, 0.5) is 4.39 Å². The van der Waals surface area contributed by atoms with Crippen LogP contribution in [-0.2, 0) is 6.54 Å². The molecule has 1 fully saturated rings. The monoisotopic (exact) mass is 250 g/mol. The highest BCUT2D eigenvalue weighted by Crippen LogP contribution is 2.14. The fraction of sp³-hybridized carbons (Fsp3) is 0.600. The minimum absolute atomic E-state index is 0.156. The Kier molecular flexibility index (Phi) is 4.72. The summed E-state index contributed by atoms with van der Waals surface area (Å²) in [5.74, 6) is 0.553. The van der Waals surface area contributed by atoms with E-state index in [0.29, 0.717) is 12.0 Å². The molecule has 2 atom stereocenters. The fourth-order valence-electron chi connectivity index (χ4n) is 2.50. The van der Waals surface area contributed by atoms with Crippen molar-refractivity contribution in [1.29, 1.82) is 0 Å². The van der Waals surface area contributed by atoms with Crippen LogP contribution in [0.25, 0.3) is 0 Å². The number of hydrogen-bond acceptors (Lipinski definition) is 2. The molecule has 0 aliphatic carbocycles. The molecule has 0 aromatic heterocycles. The zero-order chi connectivity index (χ0) is 13.0. The Morgan fingerprint density at radius 1 is 1.39 bits per heavy atom. The van der Waals surface area contributed by atoms with Crippen LogP contribution in [0.5, 0.6) is 0 Å². The van der Waals surface area contributed by atoms with Gasteiger partial charge in [-0.25, -0.2) is 4.39 Å². The van der Waals surface area contributed by atoms with Gasteiger partial charge >= 0.3 is 0 Å². The van der Waals surface area contributed by atoms with Gasteiger partial charge in [0.25, 0.3) is 0 Å². The maximum atomic E-state index is 12.9. The number of nitrogens with zero attached hydrogens (tertiary/aromatic N) is 1. The van der Waals surface area contributed by atoms with Gasteiger partial charge in [0, 0.05) is 32.2 Å². The number of benzene rings is 1. The summed E-state index contributed by atoms with van der Waals surface area (Å²) in [7, 11) is 0. The highest BCUT2D eigenvalue weighted by Gasteiger charge is 2.22. The Hall–Kier alpha value is -0.930. The van der Waals surface area contributed by atoms with Gasteiger partial charge in [-0.3, -0.25) is 4.90 Å². The van der Waals surface area contributed by atoms with E-state index in [1.54, 1.807) is 12.1 Å². The van der Waals surface area contributed by atoms with E-state index in [2.05, 4.69) is 24.1 Å². The van der Waals surface area contributed by atoms with E-state index in [1.165, 1.54) is 12.0 Å². The van der Waals surface area contributed by atoms with Crippen molar-refractivity contribution in [3.63, 3.8) is 0 Å². The summed E-state index contributed by atoms with van der Waals surface area (Å²) in [6, 6.07) is 7.45. The van der Waals surface area contributed by atoms with Gasteiger partial charge in [-0.05, 0) is 23.6 Å². The fourth-order valence-corrected chi connectivity index (χ4v) is 2.50. The summed E-state index contributed by atoms with van der Waals surface area (Å²) in [5.41, 5.74) is 1.20. The summed E-state index contributed by atoms with van der Waals surface area (Å²) in [6.07, 6.45) is 1.21. The predicted octanol–water partition coefficient (Wildman–Crippen LogP) is 2.65. The second kappa shape index (κ2) is 6.30. The molecule has 3 heteroatoms. The van der Waals surface area contributed by atoms with Crippen LogP contribution in [0.15, 0.2) is 24.3 Å². The van der Waals surface area contributed by atoms with Crippen molar-refractivity contribution >= 4 is 0 Å². The molecule has 0 amide bonds. The van der Waals surface area contributed by atoms with Crippen LogP contribution in [0.1, 0.15) is 25.8 Å². The van der Waals surface area contributed by atoms with Crippen LogP contribution in [0.2, 0.25) is 0 Å². The predicted molar refractivity (Wildman–Crippen MR) is 72.9 cm³/mol. The van der Waals surface area contributed by atoms with Gasteiger partial charge in [-0.2, -0.15) is 0 Å². The van der Waals surface area contributed by atoms with E-state index in [1.807, 2.05) is 12.1 Å². The van der Waals surface area contributed by atoms with E-state index >= 15 is 0 Å². The number of hydrogen-bond donors (Lipinski definition) is 1. The Balaban J connectivity index is 1.91. The van der Waals surface area contributed by atoms with Crippen molar-refractivity contribution in [2.75, 3.05) is 19.6 Å². The van der Waals surface area contributed by atoms with Crippen molar-refractivity contribution in [2.24, 2.45) is 5.92 Å². The van der Waals surface area contributed by atoms with Crippen molar-refractivity contribution in [3.05, 3.63) is 35.6 Å². The smallest absolute Gasteiger partial charge is 0.123 e. The molecule has 1 N–H and O–H groups in total. The first-order valence-corrected chi connectivity index (χ1v) is 6.89. The van der Waals surface area contributed by atoms with Gasteiger partial charge < -0.3 is 5.32 Å².